The number of fused-ring (bicyclic) bond motifs is 1. The smallest absolute Gasteiger partial charge is 0.433 e. The third-order valence-corrected chi connectivity index (χ3v) is 5.33. The van der Waals surface area contributed by atoms with Crippen LogP contribution in [0.3, 0.4) is 0 Å². The molecular formula is C19H19F3N2O. The van der Waals surface area contributed by atoms with E-state index < -0.39 is 11.9 Å². The van der Waals surface area contributed by atoms with Gasteiger partial charge in [0.2, 0.25) is 0 Å². The number of methoxy groups -OCH3 is 1. The Balaban J connectivity index is 1.48. The third-order valence-electron chi connectivity index (χ3n) is 5.33. The van der Waals surface area contributed by atoms with Gasteiger partial charge in [-0.05, 0) is 42.2 Å². The number of rotatable bonds is 4. The van der Waals surface area contributed by atoms with Crippen LogP contribution in [0, 0.1) is 5.92 Å². The number of pyridine rings is 1. The molecule has 2 aromatic rings. The fourth-order valence-corrected chi connectivity index (χ4v) is 3.96. The maximum atomic E-state index is 12.9. The summed E-state index contributed by atoms with van der Waals surface area (Å²) in [5, 5.41) is 0. The molecule has 0 amide bonds. The van der Waals surface area contributed by atoms with Gasteiger partial charge in [-0.15, -0.1) is 0 Å². The normalized spacial score (nSPS) is 25.7. The molecule has 2 atom stereocenters. The first-order valence-corrected chi connectivity index (χ1v) is 8.31. The zero-order valence-corrected chi connectivity index (χ0v) is 13.9. The predicted molar refractivity (Wildman–Crippen MR) is 87.3 cm³/mol. The van der Waals surface area contributed by atoms with Gasteiger partial charge in [0.25, 0.3) is 0 Å². The highest BCUT2D eigenvalue weighted by atomic mass is 19.4. The minimum Gasteiger partial charge on any atom is -0.497 e. The Labute approximate surface area is 144 Å². The van der Waals surface area contributed by atoms with Crippen LogP contribution in [0.15, 0.2) is 42.5 Å². The van der Waals surface area contributed by atoms with Crippen molar-refractivity contribution in [2.75, 3.05) is 20.2 Å². The predicted octanol–water partition coefficient (Wildman–Crippen LogP) is 3.88. The Morgan fingerprint density at radius 1 is 1.20 bits per heavy atom. The molecule has 0 spiro atoms. The van der Waals surface area contributed by atoms with Crippen molar-refractivity contribution < 1.29 is 17.9 Å². The van der Waals surface area contributed by atoms with Crippen LogP contribution in [0.2, 0.25) is 0 Å². The molecular weight excluding hydrogens is 329 g/mol. The summed E-state index contributed by atoms with van der Waals surface area (Å²) in [6.07, 6.45) is -3.46. The summed E-state index contributed by atoms with van der Waals surface area (Å²) in [5.41, 5.74) is 0.769. The number of aromatic nitrogens is 1. The van der Waals surface area contributed by atoms with Crippen molar-refractivity contribution in [2.24, 2.45) is 5.92 Å². The second kappa shape index (κ2) is 5.73. The third kappa shape index (κ3) is 2.99. The first kappa shape index (κ1) is 16.4. The number of hydrogen-bond donors (Lipinski definition) is 0. The van der Waals surface area contributed by atoms with Gasteiger partial charge in [0.15, 0.2) is 0 Å². The molecule has 2 aliphatic rings. The second-order valence-corrected chi connectivity index (χ2v) is 6.98. The molecule has 0 N–H and O–H groups in total. The van der Waals surface area contributed by atoms with Gasteiger partial charge >= 0.3 is 6.18 Å². The largest absolute Gasteiger partial charge is 0.497 e. The van der Waals surface area contributed by atoms with Gasteiger partial charge in [-0.1, -0.05) is 18.2 Å². The number of likely N-dealkylation sites (tertiary alicyclic amines) is 1. The molecule has 1 aliphatic heterocycles. The average molecular weight is 348 g/mol. The summed E-state index contributed by atoms with van der Waals surface area (Å²) in [5.74, 6) is 1.22. The lowest BCUT2D eigenvalue weighted by Gasteiger charge is -2.21. The number of halogens is 3. The van der Waals surface area contributed by atoms with Gasteiger partial charge in [-0.3, -0.25) is 4.90 Å². The topological polar surface area (TPSA) is 25.4 Å². The highest BCUT2D eigenvalue weighted by Crippen LogP contribution is 2.58. The number of piperidine rings is 1. The van der Waals surface area contributed by atoms with Gasteiger partial charge in [-0.25, -0.2) is 4.98 Å². The minimum atomic E-state index is -4.39. The van der Waals surface area contributed by atoms with E-state index >= 15 is 0 Å². The molecule has 1 aromatic carbocycles. The van der Waals surface area contributed by atoms with Crippen LogP contribution in [0.25, 0.3) is 0 Å². The summed E-state index contributed by atoms with van der Waals surface area (Å²) < 4.78 is 44.0. The van der Waals surface area contributed by atoms with Crippen molar-refractivity contribution in [3.63, 3.8) is 0 Å². The molecule has 0 bridgehead atoms. The van der Waals surface area contributed by atoms with Crippen molar-refractivity contribution in [2.45, 2.75) is 24.6 Å². The van der Waals surface area contributed by atoms with Gasteiger partial charge in [-0.2, -0.15) is 13.2 Å². The molecule has 2 unspecified atom stereocenters. The van der Waals surface area contributed by atoms with Crippen LogP contribution in [0.4, 0.5) is 13.2 Å². The zero-order chi connectivity index (χ0) is 17.7. The van der Waals surface area contributed by atoms with E-state index in [9.17, 15) is 13.2 Å². The second-order valence-electron chi connectivity index (χ2n) is 6.98. The fourth-order valence-electron chi connectivity index (χ4n) is 3.96. The van der Waals surface area contributed by atoms with Crippen molar-refractivity contribution in [3.8, 4) is 5.75 Å². The molecule has 6 heteroatoms. The average Bonchev–Trinajstić information content (AvgIpc) is 3.17. The molecule has 3 nitrogen and oxygen atoms in total. The molecule has 1 aliphatic carbocycles. The number of ether oxygens (including phenoxy) is 1. The van der Waals surface area contributed by atoms with Gasteiger partial charge < -0.3 is 4.74 Å². The Morgan fingerprint density at radius 2 is 1.96 bits per heavy atom. The number of alkyl halides is 3. The monoisotopic (exact) mass is 348 g/mol. The fraction of sp³-hybridized carbons (Fsp3) is 0.421. The summed E-state index contributed by atoms with van der Waals surface area (Å²) in [7, 11) is 1.63. The SMILES string of the molecule is COc1ccc(CN2CC3CC3(c3cccc(C(F)(F)F)n3)C2)cc1. The zero-order valence-electron chi connectivity index (χ0n) is 13.9. The number of hydrogen-bond acceptors (Lipinski definition) is 3. The van der Waals surface area contributed by atoms with Crippen LogP contribution in [0.1, 0.15) is 23.4 Å². The van der Waals surface area contributed by atoms with Gasteiger partial charge in [0, 0.05) is 30.7 Å². The highest BCUT2D eigenvalue weighted by Gasteiger charge is 2.61. The lowest BCUT2D eigenvalue weighted by molar-refractivity contribution is -0.141. The summed E-state index contributed by atoms with van der Waals surface area (Å²) in [4.78, 5) is 6.24. The Morgan fingerprint density at radius 3 is 2.64 bits per heavy atom. The molecule has 1 aromatic heterocycles. The molecule has 1 saturated heterocycles. The quantitative estimate of drug-likeness (QED) is 0.838. The van der Waals surface area contributed by atoms with Crippen LogP contribution in [0.5, 0.6) is 5.75 Å². The molecule has 25 heavy (non-hydrogen) atoms. The van der Waals surface area contributed by atoms with Gasteiger partial charge in [0.1, 0.15) is 11.4 Å². The van der Waals surface area contributed by atoms with Crippen molar-refractivity contribution >= 4 is 0 Å². The van der Waals surface area contributed by atoms with Crippen LogP contribution in [-0.2, 0) is 18.1 Å². The van der Waals surface area contributed by atoms with Crippen LogP contribution >= 0.6 is 0 Å². The van der Waals surface area contributed by atoms with Crippen molar-refractivity contribution in [1.82, 2.24) is 9.88 Å². The van der Waals surface area contributed by atoms with E-state index in [0.717, 1.165) is 37.9 Å². The molecule has 132 valence electrons. The van der Waals surface area contributed by atoms with E-state index in [2.05, 4.69) is 9.88 Å². The van der Waals surface area contributed by atoms with E-state index in [1.54, 1.807) is 13.2 Å². The van der Waals surface area contributed by atoms with E-state index in [0.29, 0.717) is 11.6 Å². The van der Waals surface area contributed by atoms with Crippen LogP contribution < -0.4 is 4.74 Å². The lowest BCUT2D eigenvalue weighted by atomic mass is 10.0. The first-order valence-electron chi connectivity index (χ1n) is 8.31. The van der Waals surface area contributed by atoms with Gasteiger partial charge in [0.05, 0.1) is 7.11 Å². The minimum absolute atomic E-state index is 0.201. The molecule has 0 radical (unpaired) electrons. The van der Waals surface area contributed by atoms with Crippen molar-refractivity contribution in [1.29, 1.82) is 0 Å². The molecule has 2 heterocycles. The molecule has 1 saturated carbocycles. The van der Waals surface area contributed by atoms with E-state index in [1.165, 1.54) is 11.6 Å². The highest BCUT2D eigenvalue weighted by molar-refractivity contribution is 5.34. The summed E-state index contributed by atoms with van der Waals surface area (Å²) >= 11 is 0. The number of benzene rings is 1. The van der Waals surface area contributed by atoms with E-state index in [-0.39, 0.29) is 5.41 Å². The number of nitrogens with zero attached hydrogens (tertiary/aromatic N) is 2. The maximum Gasteiger partial charge on any atom is 0.433 e. The summed E-state index contributed by atoms with van der Waals surface area (Å²) in [6.45, 7) is 2.46. The summed E-state index contributed by atoms with van der Waals surface area (Å²) in [6, 6.07) is 12.2. The molecule has 4 rings (SSSR count). The Bertz CT molecular complexity index is 775. The first-order chi connectivity index (χ1) is 11.9. The van der Waals surface area contributed by atoms with E-state index in [4.69, 9.17) is 4.74 Å². The maximum absolute atomic E-state index is 12.9. The van der Waals surface area contributed by atoms with E-state index in [1.807, 2.05) is 24.3 Å². The van der Waals surface area contributed by atoms with Crippen LogP contribution in [-0.4, -0.2) is 30.1 Å². The Kier molecular flexibility index (Phi) is 3.76. The lowest BCUT2D eigenvalue weighted by Crippen LogP contribution is -2.27. The van der Waals surface area contributed by atoms with Crippen molar-refractivity contribution in [3.05, 3.63) is 59.4 Å². The Hall–Kier alpha value is -2.08. The standard InChI is InChI=1S/C19H19F3N2O/c1-25-15-7-5-13(6-8-15)10-24-11-14-9-18(14,12-24)16-3-2-4-17(23-16)19(20,21)22/h2-8,14H,9-12H2,1H3. The molecule has 2 fully saturated rings.